The first-order chi connectivity index (χ1) is 13.9. The van der Waals surface area contributed by atoms with E-state index >= 15 is 0 Å². The summed E-state index contributed by atoms with van der Waals surface area (Å²) in [7, 11) is 0. The average molecular weight is 428 g/mol. The van der Waals surface area contributed by atoms with Crippen molar-refractivity contribution in [2.75, 3.05) is 6.54 Å². The van der Waals surface area contributed by atoms with Crippen molar-refractivity contribution in [2.24, 2.45) is 0 Å². The topological polar surface area (TPSA) is 65.4 Å². The van der Waals surface area contributed by atoms with Crippen LogP contribution in [0.5, 0.6) is 0 Å². The molecular formula is C22H23N2O3S2-. The Morgan fingerprint density at radius 3 is 2.59 bits per heavy atom. The summed E-state index contributed by atoms with van der Waals surface area (Å²) in [5, 5.41) is 10.5. The minimum Gasteiger partial charge on any atom is -0.550 e. The maximum absolute atomic E-state index is 12.8. The van der Waals surface area contributed by atoms with E-state index in [4.69, 9.17) is 12.2 Å². The Morgan fingerprint density at radius 2 is 1.90 bits per heavy atom. The average Bonchev–Trinajstić information content (AvgIpc) is 3.11. The SMILES string of the molecule is Cc1cc(/C=C2/SC(=S)N(CCCCCC(=O)[O-])C2=O)c(C)n1-c1ccccc1. The van der Waals surface area contributed by atoms with Crippen LogP contribution < -0.4 is 5.11 Å². The lowest BCUT2D eigenvalue weighted by Gasteiger charge is -2.14. The summed E-state index contributed by atoms with van der Waals surface area (Å²) in [5.74, 6) is -1.11. The molecule has 1 amide bonds. The normalized spacial score (nSPS) is 15.5. The largest absolute Gasteiger partial charge is 0.550 e. The van der Waals surface area contributed by atoms with E-state index in [0.29, 0.717) is 22.2 Å². The van der Waals surface area contributed by atoms with Crippen LogP contribution in [-0.4, -0.2) is 32.2 Å². The molecule has 0 saturated carbocycles. The molecule has 0 unspecified atom stereocenters. The second-order valence-corrected chi connectivity index (χ2v) is 8.69. The first-order valence-corrected chi connectivity index (χ1v) is 10.8. The molecule has 1 aromatic carbocycles. The summed E-state index contributed by atoms with van der Waals surface area (Å²) in [4.78, 5) is 25.5. The third-order valence-electron chi connectivity index (χ3n) is 4.91. The Bertz CT molecular complexity index is 964. The maximum Gasteiger partial charge on any atom is 0.266 e. The van der Waals surface area contributed by atoms with Crippen LogP contribution in [0.1, 0.15) is 42.6 Å². The number of para-hydroxylation sites is 1. The van der Waals surface area contributed by atoms with Gasteiger partial charge >= 0.3 is 0 Å². The van der Waals surface area contributed by atoms with Crippen molar-refractivity contribution >= 4 is 46.3 Å². The second-order valence-electron chi connectivity index (χ2n) is 7.01. The molecule has 0 radical (unpaired) electrons. The second kappa shape index (κ2) is 9.41. The van der Waals surface area contributed by atoms with Gasteiger partial charge in [0.05, 0.1) is 4.91 Å². The summed E-state index contributed by atoms with van der Waals surface area (Å²) in [5.41, 5.74) is 4.26. The van der Waals surface area contributed by atoms with E-state index in [1.165, 1.54) is 11.8 Å². The van der Waals surface area contributed by atoms with Crippen LogP contribution in [0.15, 0.2) is 41.3 Å². The van der Waals surface area contributed by atoms with Gasteiger partial charge in [0, 0.05) is 29.6 Å². The van der Waals surface area contributed by atoms with Crippen LogP contribution >= 0.6 is 24.0 Å². The van der Waals surface area contributed by atoms with Gasteiger partial charge in [-0.25, -0.2) is 0 Å². The number of unbranched alkanes of at least 4 members (excludes halogenated alkanes) is 2. The summed E-state index contributed by atoms with van der Waals surface area (Å²) in [6.45, 7) is 4.61. The number of carboxylic acid groups (broad SMARTS) is 1. The van der Waals surface area contributed by atoms with Gasteiger partial charge in [0.25, 0.3) is 5.91 Å². The van der Waals surface area contributed by atoms with Gasteiger partial charge in [-0.15, -0.1) is 0 Å². The third kappa shape index (κ3) is 4.97. The van der Waals surface area contributed by atoms with E-state index in [2.05, 4.69) is 29.7 Å². The summed E-state index contributed by atoms with van der Waals surface area (Å²) in [6, 6.07) is 12.2. The van der Waals surface area contributed by atoms with Crippen LogP contribution in [0.3, 0.4) is 0 Å². The zero-order valence-electron chi connectivity index (χ0n) is 16.5. The number of nitrogens with zero attached hydrogens (tertiary/aromatic N) is 2. The standard InChI is InChI=1S/C22H24N2O3S2/c1-15-13-17(16(2)24(15)18-9-5-3-6-10-18)14-19-21(27)23(22(28)29-19)12-8-4-7-11-20(25)26/h3,5-6,9-10,13-14H,4,7-8,11-12H2,1-2H3,(H,25,26)/p-1/b19-14+. The molecule has 2 heterocycles. The van der Waals surface area contributed by atoms with Gasteiger partial charge in [-0.1, -0.05) is 48.6 Å². The Morgan fingerprint density at radius 1 is 1.17 bits per heavy atom. The summed E-state index contributed by atoms with van der Waals surface area (Å²) >= 11 is 6.71. The zero-order valence-corrected chi connectivity index (χ0v) is 18.1. The first kappa shape index (κ1) is 21.3. The predicted octanol–water partition coefficient (Wildman–Crippen LogP) is 3.61. The number of thiocarbonyl (C=S) groups is 1. The number of rotatable bonds is 8. The zero-order chi connectivity index (χ0) is 21.0. The number of aromatic nitrogens is 1. The fourth-order valence-electron chi connectivity index (χ4n) is 3.46. The molecule has 1 fully saturated rings. The van der Waals surface area contributed by atoms with Crippen molar-refractivity contribution in [1.29, 1.82) is 0 Å². The minimum atomic E-state index is -1.04. The van der Waals surface area contributed by atoms with Crippen molar-refractivity contribution in [1.82, 2.24) is 9.47 Å². The Labute approximate surface area is 180 Å². The van der Waals surface area contributed by atoms with Crippen molar-refractivity contribution in [2.45, 2.75) is 39.5 Å². The van der Waals surface area contributed by atoms with Crippen LogP contribution in [-0.2, 0) is 9.59 Å². The molecule has 7 heteroatoms. The number of carbonyl (C=O) groups excluding carboxylic acids is 2. The molecule has 1 aromatic heterocycles. The number of amides is 1. The molecule has 0 atom stereocenters. The van der Waals surface area contributed by atoms with Gasteiger partial charge in [0.2, 0.25) is 0 Å². The number of hydrogen-bond acceptors (Lipinski definition) is 5. The number of thioether (sulfide) groups is 1. The number of aryl methyl sites for hydroxylation is 1. The molecule has 1 aliphatic rings. The molecule has 0 spiro atoms. The Balaban J connectivity index is 1.72. The molecule has 0 bridgehead atoms. The third-order valence-corrected chi connectivity index (χ3v) is 6.29. The first-order valence-electron chi connectivity index (χ1n) is 9.58. The monoisotopic (exact) mass is 427 g/mol. The number of carboxylic acids is 1. The Kier molecular flexibility index (Phi) is 6.92. The lowest BCUT2D eigenvalue weighted by atomic mass is 10.2. The highest BCUT2D eigenvalue weighted by molar-refractivity contribution is 8.26. The number of hydrogen-bond donors (Lipinski definition) is 0. The molecule has 0 aliphatic carbocycles. The summed E-state index contributed by atoms with van der Waals surface area (Å²) < 4.78 is 2.72. The van der Waals surface area contributed by atoms with E-state index in [-0.39, 0.29) is 12.3 Å². The van der Waals surface area contributed by atoms with E-state index in [1.807, 2.05) is 31.2 Å². The minimum absolute atomic E-state index is 0.0509. The molecule has 1 aliphatic heterocycles. The molecule has 1 saturated heterocycles. The van der Waals surface area contributed by atoms with Crippen LogP contribution in [0.4, 0.5) is 0 Å². The van der Waals surface area contributed by atoms with Gasteiger partial charge in [0.1, 0.15) is 4.32 Å². The van der Waals surface area contributed by atoms with E-state index in [1.54, 1.807) is 4.90 Å². The quantitative estimate of drug-likeness (QED) is 0.366. The van der Waals surface area contributed by atoms with Gasteiger partial charge in [0.15, 0.2) is 0 Å². The molecule has 3 rings (SSSR count). The van der Waals surface area contributed by atoms with E-state index in [9.17, 15) is 14.7 Å². The molecular weight excluding hydrogens is 404 g/mol. The van der Waals surface area contributed by atoms with Gasteiger partial charge < -0.3 is 14.5 Å². The molecule has 0 N–H and O–H groups in total. The van der Waals surface area contributed by atoms with Gasteiger partial charge in [-0.2, -0.15) is 0 Å². The molecule has 29 heavy (non-hydrogen) atoms. The Hall–Kier alpha value is -2.38. The summed E-state index contributed by atoms with van der Waals surface area (Å²) in [6.07, 6.45) is 3.96. The maximum atomic E-state index is 12.8. The van der Waals surface area contributed by atoms with Crippen molar-refractivity contribution in [3.8, 4) is 5.69 Å². The van der Waals surface area contributed by atoms with E-state index in [0.717, 1.165) is 35.5 Å². The van der Waals surface area contributed by atoms with Gasteiger partial charge in [-0.05, 0) is 62.9 Å². The highest BCUT2D eigenvalue weighted by atomic mass is 32.2. The van der Waals surface area contributed by atoms with E-state index < -0.39 is 5.97 Å². The highest BCUT2D eigenvalue weighted by Crippen LogP contribution is 2.34. The number of aliphatic carboxylic acids is 1. The number of benzene rings is 1. The number of carbonyl (C=O) groups is 2. The lowest BCUT2D eigenvalue weighted by Crippen LogP contribution is -2.29. The van der Waals surface area contributed by atoms with Crippen LogP contribution in [0, 0.1) is 13.8 Å². The molecule has 5 nitrogen and oxygen atoms in total. The van der Waals surface area contributed by atoms with Gasteiger partial charge in [-0.3, -0.25) is 9.69 Å². The highest BCUT2D eigenvalue weighted by Gasteiger charge is 2.31. The lowest BCUT2D eigenvalue weighted by molar-refractivity contribution is -0.305. The fraction of sp³-hybridized carbons (Fsp3) is 0.318. The van der Waals surface area contributed by atoms with Crippen LogP contribution in [0.2, 0.25) is 0 Å². The van der Waals surface area contributed by atoms with Crippen molar-refractivity contribution < 1.29 is 14.7 Å². The smallest absolute Gasteiger partial charge is 0.266 e. The van der Waals surface area contributed by atoms with Crippen LogP contribution in [0.25, 0.3) is 11.8 Å². The van der Waals surface area contributed by atoms with Crippen molar-refractivity contribution in [3.05, 3.63) is 58.3 Å². The predicted molar refractivity (Wildman–Crippen MR) is 119 cm³/mol. The molecule has 2 aromatic rings. The molecule has 152 valence electrons. The fourth-order valence-corrected chi connectivity index (χ4v) is 4.76. The van der Waals surface area contributed by atoms with Crippen molar-refractivity contribution in [3.63, 3.8) is 0 Å².